The Balaban J connectivity index is 1.45. The lowest BCUT2D eigenvalue weighted by atomic mass is 10.0. The number of hydrogen-bond donors (Lipinski definition) is 1. The molecule has 26 heavy (non-hydrogen) atoms. The van der Waals surface area contributed by atoms with Crippen molar-refractivity contribution in [1.29, 1.82) is 0 Å². The van der Waals surface area contributed by atoms with Gasteiger partial charge in [0.05, 0.1) is 12.3 Å². The van der Waals surface area contributed by atoms with Crippen LogP contribution < -0.4 is 5.43 Å². The maximum atomic E-state index is 11.9. The summed E-state index contributed by atoms with van der Waals surface area (Å²) in [7, 11) is 0. The van der Waals surface area contributed by atoms with Gasteiger partial charge >= 0.3 is 11.8 Å². The van der Waals surface area contributed by atoms with Crippen LogP contribution in [-0.2, 0) is 6.42 Å². The first kappa shape index (κ1) is 15.8. The lowest BCUT2D eigenvalue weighted by Gasteiger charge is -2.01. The van der Waals surface area contributed by atoms with Crippen molar-refractivity contribution in [3.63, 3.8) is 0 Å². The van der Waals surface area contributed by atoms with Crippen LogP contribution in [0.2, 0.25) is 0 Å². The molecule has 1 aliphatic rings. The maximum Gasteiger partial charge on any atom is 0.433 e. The van der Waals surface area contributed by atoms with Crippen molar-refractivity contribution in [1.82, 2.24) is 5.43 Å². The number of carbonyl (C=O) groups excluding carboxylic acids is 1. The van der Waals surface area contributed by atoms with E-state index in [1.807, 2.05) is 30.3 Å². The van der Waals surface area contributed by atoms with Crippen LogP contribution in [0, 0.1) is 10.1 Å². The number of nitrogens with one attached hydrogen (secondary N) is 1. The minimum atomic E-state index is -0.706. The number of furan rings is 1. The predicted molar refractivity (Wildman–Crippen MR) is 95.1 cm³/mol. The first-order chi connectivity index (χ1) is 12.6. The van der Waals surface area contributed by atoms with E-state index in [1.165, 1.54) is 34.5 Å². The van der Waals surface area contributed by atoms with Gasteiger partial charge in [-0.3, -0.25) is 14.9 Å². The molecule has 0 unspecified atom stereocenters. The van der Waals surface area contributed by atoms with Gasteiger partial charge in [0.2, 0.25) is 5.76 Å². The van der Waals surface area contributed by atoms with Gasteiger partial charge in [-0.1, -0.05) is 36.4 Å². The van der Waals surface area contributed by atoms with E-state index < -0.39 is 16.7 Å². The fourth-order valence-electron chi connectivity index (χ4n) is 3.01. The van der Waals surface area contributed by atoms with Crippen LogP contribution in [0.5, 0.6) is 0 Å². The van der Waals surface area contributed by atoms with E-state index in [0.29, 0.717) is 0 Å². The third kappa shape index (κ3) is 2.86. The molecule has 3 aromatic rings. The number of hydrazone groups is 1. The van der Waals surface area contributed by atoms with E-state index in [9.17, 15) is 14.9 Å². The molecule has 1 aromatic heterocycles. The Kier molecular flexibility index (Phi) is 3.81. The van der Waals surface area contributed by atoms with Crippen molar-refractivity contribution in [2.75, 3.05) is 0 Å². The van der Waals surface area contributed by atoms with Gasteiger partial charge < -0.3 is 4.42 Å². The zero-order valence-corrected chi connectivity index (χ0v) is 13.5. The van der Waals surface area contributed by atoms with Crippen molar-refractivity contribution in [2.24, 2.45) is 5.10 Å². The van der Waals surface area contributed by atoms with Crippen molar-refractivity contribution >= 4 is 18.0 Å². The Morgan fingerprint density at radius 1 is 1.12 bits per heavy atom. The van der Waals surface area contributed by atoms with E-state index in [2.05, 4.69) is 22.7 Å². The number of nitrogens with zero attached hydrogens (tertiary/aromatic N) is 2. The number of rotatable bonds is 4. The van der Waals surface area contributed by atoms with Crippen LogP contribution in [0.4, 0.5) is 5.88 Å². The molecule has 0 radical (unpaired) electrons. The average molecular weight is 347 g/mol. The second kappa shape index (κ2) is 6.29. The molecule has 2 aromatic carbocycles. The number of benzene rings is 2. The van der Waals surface area contributed by atoms with Crippen LogP contribution in [0.15, 0.2) is 64.1 Å². The van der Waals surface area contributed by atoms with Crippen LogP contribution in [0.25, 0.3) is 11.1 Å². The summed E-state index contributed by atoms with van der Waals surface area (Å²) < 4.78 is 4.82. The summed E-state index contributed by atoms with van der Waals surface area (Å²) in [6, 6.07) is 16.6. The molecule has 1 heterocycles. The van der Waals surface area contributed by atoms with Gasteiger partial charge in [0.25, 0.3) is 0 Å². The number of hydrogen-bond acceptors (Lipinski definition) is 5. The first-order valence-corrected chi connectivity index (χ1v) is 7.90. The zero-order chi connectivity index (χ0) is 18.1. The molecule has 0 saturated heterocycles. The Morgan fingerprint density at radius 3 is 2.73 bits per heavy atom. The highest BCUT2D eigenvalue weighted by molar-refractivity contribution is 5.92. The highest BCUT2D eigenvalue weighted by Gasteiger charge is 2.18. The second-order valence-electron chi connectivity index (χ2n) is 5.84. The molecular weight excluding hydrogens is 334 g/mol. The topological polar surface area (TPSA) is 97.7 Å². The normalized spacial score (nSPS) is 12.0. The summed E-state index contributed by atoms with van der Waals surface area (Å²) in [5, 5.41) is 14.5. The van der Waals surface area contributed by atoms with Crippen LogP contribution in [0.1, 0.15) is 27.2 Å². The highest BCUT2D eigenvalue weighted by atomic mass is 16.6. The molecule has 1 amide bonds. The maximum absolute atomic E-state index is 11.9. The molecule has 0 fully saturated rings. The Bertz CT molecular complexity index is 1050. The van der Waals surface area contributed by atoms with Crippen molar-refractivity contribution in [3.8, 4) is 11.1 Å². The summed E-state index contributed by atoms with van der Waals surface area (Å²) in [4.78, 5) is 21.7. The van der Waals surface area contributed by atoms with Crippen LogP contribution in [-0.4, -0.2) is 17.0 Å². The van der Waals surface area contributed by atoms with E-state index in [-0.39, 0.29) is 5.76 Å². The van der Waals surface area contributed by atoms with E-state index >= 15 is 0 Å². The largest absolute Gasteiger partial charge is 0.433 e. The highest BCUT2D eigenvalue weighted by Crippen LogP contribution is 2.36. The van der Waals surface area contributed by atoms with Gasteiger partial charge in [0, 0.05) is 0 Å². The van der Waals surface area contributed by atoms with E-state index in [1.54, 1.807) is 0 Å². The van der Waals surface area contributed by atoms with Crippen molar-refractivity contribution in [2.45, 2.75) is 6.42 Å². The molecular formula is C19H13N3O4. The standard InChI is InChI=1S/C19H13N3O4/c23-19(17-7-8-18(26-17)22(24)25)21-20-11-12-5-6-16-14(9-12)10-13-3-1-2-4-15(13)16/h1-9,11H,10H2,(H,21,23)/b20-11+. The summed E-state index contributed by atoms with van der Waals surface area (Å²) in [5.74, 6) is -1.31. The van der Waals surface area contributed by atoms with Gasteiger partial charge in [-0.05, 0) is 46.4 Å². The third-order valence-corrected chi connectivity index (χ3v) is 4.19. The molecule has 128 valence electrons. The fourth-order valence-corrected chi connectivity index (χ4v) is 3.01. The molecule has 1 N–H and O–H groups in total. The Morgan fingerprint density at radius 2 is 1.92 bits per heavy atom. The molecule has 0 saturated carbocycles. The molecule has 1 aliphatic carbocycles. The summed E-state index contributed by atoms with van der Waals surface area (Å²) in [6.45, 7) is 0. The Labute approximate surface area is 148 Å². The minimum absolute atomic E-state index is 0.168. The first-order valence-electron chi connectivity index (χ1n) is 7.90. The Hall–Kier alpha value is -3.74. The van der Waals surface area contributed by atoms with Crippen molar-refractivity contribution < 1.29 is 14.1 Å². The molecule has 0 spiro atoms. The van der Waals surface area contributed by atoms with Gasteiger partial charge in [-0.15, -0.1) is 0 Å². The zero-order valence-electron chi connectivity index (χ0n) is 13.5. The summed E-state index contributed by atoms with van der Waals surface area (Å²) >= 11 is 0. The van der Waals surface area contributed by atoms with E-state index in [4.69, 9.17) is 4.42 Å². The number of nitro groups is 1. The van der Waals surface area contributed by atoms with Crippen LogP contribution >= 0.6 is 0 Å². The lowest BCUT2D eigenvalue weighted by Crippen LogP contribution is -2.16. The minimum Gasteiger partial charge on any atom is -0.395 e. The average Bonchev–Trinajstić information content (AvgIpc) is 3.26. The molecule has 0 atom stereocenters. The van der Waals surface area contributed by atoms with Gasteiger partial charge in [-0.2, -0.15) is 5.10 Å². The quantitative estimate of drug-likeness (QED) is 0.347. The molecule has 0 aliphatic heterocycles. The molecule has 0 bridgehead atoms. The summed E-state index contributed by atoms with van der Waals surface area (Å²) in [6.07, 6.45) is 2.40. The SMILES string of the molecule is O=C(N/N=C/c1ccc2c(c1)Cc1ccccc1-2)c1ccc([N+](=O)[O-])o1. The van der Waals surface area contributed by atoms with Crippen LogP contribution in [0.3, 0.4) is 0 Å². The molecule has 4 rings (SSSR count). The number of carbonyl (C=O) groups is 1. The summed E-state index contributed by atoms with van der Waals surface area (Å²) in [5.41, 5.74) is 8.12. The van der Waals surface area contributed by atoms with Gasteiger partial charge in [0.1, 0.15) is 4.92 Å². The molecule has 7 heteroatoms. The van der Waals surface area contributed by atoms with Gasteiger partial charge in [-0.25, -0.2) is 5.43 Å². The number of fused-ring (bicyclic) bond motifs is 3. The molecule has 7 nitrogen and oxygen atoms in total. The smallest absolute Gasteiger partial charge is 0.395 e. The number of amides is 1. The van der Waals surface area contributed by atoms with E-state index in [0.717, 1.165) is 18.1 Å². The lowest BCUT2D eigenvalue weighted by molar-refractivity contribution is -0.402. The fraction of sp³-hybridized carbons (Fsp3) is 0.0526. The predicted octanol–water partition coefficient (Wildman–Crippen LogP) is 3.52. The third-order valence-electron chi connectivity index (χ3n) is 4.19. The monoisotopic (exact) mass is 347 g/mol. The van der Waals surface area contributed by atoms with Crippen molar-refractivity contribution in [3.05, 3.63) is 87.2 Å². The second-order valence-corrected chi connectivity index (χ2v) is 5.84. The van der Waals surface area contributed by atoms with Gasteiger partial charge in [0.15, 0.2) is 0 Å².